The van der Waals surface area contributed by atoms with Crippen LogP contribution in [0.15, 0.2) is 36.4 Å². The summed E-state index contributed by atoms with van der Waals surface area (Å²) in [7, 11) is 0. The van der Waals surface area contributed by atoms with Gasteiger partial charge in [-0.1, -0.05) is 0 Å². The molecule has 2 N–H and O–H groups in total. The number of anilines is 1. The van der Waals surface area contributed by atoms with Gasteiger partial charge in [0.1, 0.15) is 11.4 Å². The molecule has 1 aromatic carbocycles. The van der Waals surface area contributed by atoms with E-state index in [2.05, 4.69) is 10.3 Å². The second kappa shape index (κ2) is 8.69. The molecule has 156 valence electrons. The molecule has 0 bridgehead atoms. The average Bonchev–Trinajstić information content (AvgIpc) is 3.22. The molecule has 1 saturated heterocycles. The van der Waals surface area contributed by atoms with Gasteiger partial charge in [-0.05, 0) is 56.2 Å². The van der Waals surface area contributed by atoms with Crippen molar-refractivity contribution in [3.63, 3.8) is 0 Å². The molecule has 2 aromatic rings. The van der Waals surface area contributed by atoms with Gasteiger partial charge in [0.05, 0.1) is 12.2 Å². The third-order valence-corrected chi connectivity index (χ3v) is 4.54. The normalized spacial score (nSPS) is 15.3. The summed E-state index contributed by atoms with van der Waals surface area (Å²) in [6, 6.07) is 7.06. The fraction of sp³-hybridized carbons (Fsp3) is 0.400. The second-order valence-corrected chi connectivity index (χ2v) is 6.89. The van der Waals surface area contributed by atoms with Gasteiger partial charge in [-0.2, -0.15) is 13.2 Å². The number of benzene rings is 1. The van der Waals surface area contributed by atoms with Crippen molar-refractivity contribution in [3.8, 4) is 11.5 Å². The van der Waals surface area contributed by atoms with E-state index in [1.54, 1.807) is 13.0 Å². The van der Waals surface area contributed by atoms with Gasteiger partial charge in [-0.25, -0.2) is 4.98 Å². The van der Waals surface area contributed by atoms with E-state index in [1.807, 2.05) is 4.90 Å². The van der Waals surface area contributed by atoms with Crippen molar-refractivity contribution in [1.82, 2.24) is 10.3 Å². The van der Waals surface area contributed by atoms with E-state index in [9.17, 15) is 18.0 Å². The molecular weight excluding hydrogens is 387 g/mol. The summed E-state index contributed by atoms with van der Waals surface area (Å²) in [6.45, 7) is 2.96. The summed E-state index contributed by atoms with van der Waals surface area (Å²) in [4.78, 5) is 18.7. The molecule has 1 fully saturated rings. The van der Waals surface area contributed by atoms with E-state index in [4.69, 9.17) is 9.84 Å². The molecule has 0 unspecified atom stereocenters. The Labute approximate surface area is 166 Å². The number of alkyl halides is 3. The maximum absolute atomic E-state index is 12.7. The number of aliphatic hydroxyl groups is 1. The number of nitrogens with one attached hydrogen (secondary N) is 1. The van der Waals surface area contributed by atoms with E-state index in [0.717, 1.165) is 38.1 Å². The molecule has 6 nitrogen and oxygen atoms in total. The number of aliphatic hydroxyl groups excluding tert-OH is 1. The first-order chi connectivity index (χ1) is 13.8. The molecular formula is C20H22F3N3O3. The average molecular weight is 409 g/mol. The smallest absolute Gasteiger partial charge is 0.416 e. The van der Waals surface area contributed by atoms with Gasteiger partial charge in [0.25, 0.3) is 5.91 Å². The zero-order chi connectivity index (χ0) is 21.0. The lowest BCUT2D eigenvalue weighted by molar-refractivity contribution is -0.137. The van der Waals surface area contributed by atoms with Gasteiger partial charge in [-0.3, -0.25) is 4.79 Å². The number of amides is 1. The Morgan fingerprint density at radius 1 is 1.21 bits per heavy atom. The van der Waals surface area contributed by atoms with Gasteiger partial charge in [0, 0.05) is 19.1 Å². The summed E-state index contributed by atoms with van der Waals surface area (Å²) in [5.74, 6) is 0.643. The van der Waals surface area contributed by atoms with Gasteiger partial charge in [0.2, 0.25) is 0 Å². The SMILES string of the molecule is C[C@H](CO)NC(=O)c1ccc(Oc2ccc(C(F)(F)F)cc2)c(N2CCCC2)n1. The monoisotopic (exact) mass is 409 g/mol. The number of carbonyl (C=O) groups is 1. The number of ether oxygens (including phenoxy) is 1. The summed E-state index contributed by atoms with van der Waals surface area (Å²) < 4.78 is 44.0. The Morgan fingerprint density at radius 3 is 2.45 bits per heavy atom. The van der Waals surface area contributed by atoms with Crippen LogP contribution < -0.4 is 15.0 Å². The Morgan fingerprint density at radius 2 is 1.86 bits per heavy atom. The maximum atomic E-state index is 12.7. The largest absolute Gasteiger partial charge is 0.453 e. The number of hydrogen-bond acceptors (Lipinski definition) is 5. The molecule has 1 aliphatic heterocycles. The fourth-order valence-electron chi connectivity index (χ4n) is 2.98. The number of halogens is 3. The Balaban J connectivity index is 1.86. The highest BCUT2D eigenvalue weighted by molar-refractivity contribution is 5.93. The van der Waals surface area contributed by atoms with E-state index in [-0.39, 0.29) is 18.1 Å². The summed E-state index contributed by atoms with van der Waals surface area (Å²) >= 11 is 0. The van der Waals surface area contributed by atoms with E-state index in [1.165, 1.54) is 18.2 Å². The molecule has 0 spiro atoms. The van der Waals surface area contributed by atoms with Crippen molar-refractivity contribution in [2.45, 2.75) is 32.0 Å². The third-order valence-electron chi connectivity index (χ3n) is 4.54. The minimum absolute atomic E-state index is 0.173. The van der Waals surface area contributed by atoms with Crippen LogP contribution in [0.25, 0.3) is 0 Å². The number of aromatic nitrogens is 1. The van der Waals surface area contributed by atoms with Crippen LogP contribution in [0.1, 0.15) is 35.8 Å². The number of hydrogen-bond donors (Lipinski definition) is 2. The van der Waals surface area contributed by atoms with Crippen molar-refractivity contribution in [3.05, 3.63) is 47.7 Å². The number of nitrogens with zero attached hydrogens (tertiary/aromatic N) is 2. The van der Waals surface area contributed by atoms with Crippen LogP contribution in [-0.2, 0) is 6.18 Å². The summed E-state index contributed by atoms with van der Waals surface area (Å²) in [6.07, 6.45) is -2.47. The van der Waals surface area contributed by atoms with Crippen molar-refractivity contribution in [1.29, 1.82) is 0 Å². The predicted molar refractivity (Wildman–Crippen MR) is 101 cm³/mol. The first kappa shape index (κ1) is 20.9. The van der Waals surface area contributed by atoms with Crippen LogP contribution >= 0.6 is 0 Å². The zero-order valence-corrected chi connectivity index (χ0v) is 15.9. The molecule has 9 heteroatoms. The van der Waals surface area contributed by atoms with Crippen LogP contribution in [-0.4, -0.2) is 41.7 Å². The van der Waals surface area contributed by atoms with Crippen molar-refractivity contribution in [2.75, 3.05) is 24.6 Å². The van der Waals surface area contributed by atoms with E-state index >= 15 is 0 Å². The Hall–Kier alpha value is -2.81. The topological polar surface area (TPSA) is 74.7 Å². The van der Waals surface area contributed by atoms with Gasteiger partial charge < -0.3 is 20.1 Å². The lowest BCUT2D eigenvalue weighted by Gasteiger charge is -2.21. The Bertz CT molecular complexity index is 850. The number of pyridine rings is 1. The molecule has 0 aliphatic carbocycles. The lowest BCUT2D eigenvalue weighted by atomic mass is 10.2. The van der Waals surface area contributed by atoms with Crippen molar-refractivity contribution < 1.29 is 27.8 Å². The lowest BCUT2D eigenvalue weighted by Crippen LogP contribution is -2.35. The standard InChI is InChI=1S/C20H22F3N3O3/c1-13(12-27)24-19(28)16-8-9-17(18(25-16)26-10-2-3-11-26)29-15-6-4-14(5-7-15)20(21,22)23/h4-9,13,27H,2-3,10-12H2,1H3,(H,24,28)/t13-/m1/s1. The molecule has 1 aromatic heterocycles. The van der Waals surface area contributed by atoms with Crippen LogP contribution in [0.5, 0.6) is 11.5 Å². The number of carbonyl (C=O) groups excluding carboxylic acids is 1. The fourth-order valence-corrected chi connectivity index (χ4v) is 2.98. The molecule has 0 saturated carbocycles. The summed E-state index contributed by atoms with van der Waals surface area (Å²) in [5.41, 5.74) is -0.584. The van der Waals surface area contributed by atoms with Crippen LogP contribution in [0, 0.1) is 0 Å². The number of rotatable bonds is 6. The van der Waals surface area contributed by atoms with Crippen LogP contribution in [0.2, 0.25) is 0 Å². The zero-order valence-electron chi connectivity index (χ0n) is 15.9. The first-order valence-electron chi connectivity index (χ1n) is 9.31. The Kier molecular flexibility index (Phi) is 6.26. The van der Waals surface area contributed by atoms with Gasteiger partial charge in [-0.15, -0.1) is 0 Å². The van der Waals surface area contributed by atoms with Crippen molar-refractivity contribution in [2.24, 2.45) is 0 Å². The molecule has 29 heavy (non-hydrogen) atoms. The molecule has 1 amide bonds. The maximum Gasteiger partial charge on any atom is 0.416 e. The predicted octanol–water partition coefficient (Wildman–Crippen LogP) is 3.60. The highest BCUT2D eigenvalue weighted by atomic mass is 19.4. The minimum Gasteiger partial charge on any atom is -0.453 e. The second-order valence-electron chi connectivity index (χ2n) is 6.89. The third kappa shape index (κ3) is 5.17. The van der Waals surface area contributed by atoms with Gasteiger partial charge in [0.15, 0.2) is 11.6 Å². The molecule has 2 heterocycles. The molecule has 1 atom stereocenters. The first-order valence-corrected chi connectivity index (χ1v) is 9.31. The van der Waals surface area contributed by atoms with Gasteiger partial charge >= 0.3 is 6.18 Å². The molecule has 1 aliphatic rings. The quantitative estimate of drug-likeness (QED) is 0.763. The minimum atomic E-state index is -4.42. The van der Waals surface area contributed by atoms with Crippen LogP contribution in [0.4, 0.5) is 19.0 Å². The highest BCUT2D eigenvalue weighted by Crippen LogP contribution is 2.35. The van der Waals surface area contributed by atoms with E-state index in [0.29, 0.717) is 11.6 Å². The van der Waals surface area contributed by atoms with Crippen molar-refractivity contribution >= 4 is 11.7 Å². The molecule has 3 rings (SSSR count). The highest BCUT2D eigenvalue weighted by Gasteiger charge is 2.30. The summed E-state index contributed by atoms with van der Waals surface area (Å²) in [5, 5.41) is 11.7. The van der Waals surface area contributed by atoms with E-state index < -0.39 is 23.7 Å². The van der Waals surface area contributed by atoms with Crippen LogP contribution in [0.3, 0.4) is 0 Å². The molecule has 0 radical (unpaired) electrons.